The Kier molecular flexibility index (Phi) is 8.23. The van der Waals surface area contributed by atoms with Crippen molar-refractivity contribution in [3.05, 3.63) is 109 Å². The fourth-order valence-electron chi connectivity index (χ4n) is 3.73. The molecule has 0 aliphatic heterocycles. The van der Waals surface area contributed by atoms with E-state index >= 15 is 0 Å². The molecule has 3 aromatic rings. The maximum absolute atomic E-state index is 8.87. The molecule has 0 aromatic heterocycles. The van der Waals surface area contributed by atoms with Crippen LogP contribution in [0.5, 0.6) is 5.75 Å². The van der Waals surface area contributed by atoms with Crippen LogP contribution in [0.3, 0.4) is 0 Å². The third-order valence-electron chi connectivity index (χ3n) is 5.37. The van der Waals surface area contributed by atoms with Crippen molar-refractivity contribution in [3.8, 4) is 11.8 Å². The van der Waals surface area contributed by atoms with E-state index in [0.29, 0.717) is 26.2 Å². The molecule has 1 atom stereocenters. The molecule has 0 amide bonds. The monoisotopic (exact) mass is 413 g/mol. The van der Waals surface area contributed by atoms with Crippen LogP contribution >= 0.6 is 0 Å². The highest BCUT2D eigenvalue weighted by Crippen LogP contribution is 2.37. The second-order valence-corrected chi connectivity index (χ2v) is 7.36. The van der Waals surface area contributed by atoms with Crippen LogP contribution in [0.4, 0.5) is 0 Å². The normalized spacial score (nSPS) is 12.2. The first-order valence-corrected chi connectivity index (χ1v) is 10.5. The van der Waals surface area contributed by atoms with Crippen LogP contribution in [0.1, 0.15) is 23.1 Å². The second kappa shape index (κ2) is 11.3. The van der Waals surface area contributed by atoms with Gasteiger partial charge in [0.1, 0.15) is 5.75 Å². The van der Waals surface area contributed by atoms with E-state index in [1.807, 2.05) is 24.3 Å². The molecule has 1 radical (unpaired) electrons. The lowest BCUT2D eigenvalue weighted by atomic mass is 9.77. The van der Waals surface area contributed by atoms with Crippen molar-refractivity contribution < 1.29 is 9.47 Å². The first-order chi connectivity index (χ1) is 15.2. The van der Waals surface area contributed by atoms with Gasteiger partial charge in [-0.3, -0.25) is 5.32 Å². The van der Waals surface area contributed by atoms with Crippen LogP contribution in [0, 0.1) is 24.2 Å². The van der Waals surface area contributed by atoms with Gasteiger partial charge in [-0.15, -0.1) is 0 Å². The summed E-state index contributed by atoms with van der Waals surface area (Å²) in [6.45, 7) is 5.48. The minimum Gasteiger partial charge on any atom is -0.497 e. The van der Waals surface area contributed by atoms with Crippen molar-refractivity contribution in [2.75, 3.05) is 26.9 Å². The van der Waals surface area contributed by atoms with Gasteiger partial charge >= 0.3 is 0 Å². The molecule has 159 valence electrons. The van der Waals surface area contributed by atoms with Gasteiger partial charge in [0.15, 0.2) is 0 Å². The van der Waals surface area contributed by atoms with Crippen LogP contribution in [0.2, 0.25) is 0 Å². The molecular weight excluding hydrogens is 384 g/mol. The van der Waals surface area contributed by atoms with Crippen LogP contribution in [-0.4, -0.2) is 26.9 Å². The van der Waals surface area contributed by atoms with Gasteiger partial charge in [0, 0.05) is 19.1 Å². The van der Waals surface area contributed by atoms with Crippen molar-refractivity contribution in [2.24, 2.45) is 5.92 Å². The Morgan fingerprint density at radius 3 is 1.94 bits per heavy atom. The Morgan fingerprint density at radius 2 is 1.42 bits per heavy atom. The molecule has 0 aliphatic rings. The van der Waals surface area contributed by atoms with E-state index in [0.717, 1.165) is 22.4 Å². The van der Waals surface area contributed by atoms with E-state index in [4.69, 9.17) is 14.7 Å². The molecule has 0 spiro atoms. The number of benzene rings is 3. The largest absolute Gasteiger partial charge is 0.497 e. The number of methoxy groups -OCH3 is 1. The molecular formula is C27H29N2O2. The average molecular weight is 414 g/mol. The van der Waals surface area contributed by atoms with E-state index in [1.165, 1.54) is 0 Å². The Morgan fingerprint density at radius 1 is 0.871 bits per heavy atom. The third-order valence-corrected chi connectivity index (χ3v) is 5.37. The molecule has 0 bridgehead atoms. The predicted molar refractivity (Wildman–Crippen MR) is 124 cm³/mol. The summed E-state index contributed by atoms with van der Waals surface area (Å²) in [4.78, 5) is 0. The quantitative estimate of drug-likeness (QED) is 0.357. The van der Waals surface area contributed by atoms with Gasteiger partial charge in [-0.1, -0.05) is 72.8 Å². The molecule has 0 aliphatic carbocycles. The highest BCUT2D eigenvalue weighted by molar-refractivity contribution is 5.50. The number of hydrogen-bond donors (Lipinski definition) is 1. The van der Waals surface area contributed by atoms with Gasteiger partial charge in [0.25, 0.3) is 0 Å². The van der Waals surface area contributed by atoms with E-state index < -0.39 is 5.54 Å². The van der Waals surface area contributed by atoms with Crippen molar-refractivity contribution in [2.45, 2.75) is 12.0 Å². The standard InChI is InChI=1S/C27H29N2O2/c1-22(21-28)17-19-31-20-18-29-27(23-9-5-3-6-10-23,24-11-7-4-8-12-24)25-13-15-26(30-2)16-14-25/h3-16,22,29H,1,17-20H2,2H3. The lowest BCUT2D eigenvalue weighted by Gasteiger charge is -2.37. The van der Waals surface area contributed by atoms with E-state index in [-0.39, 0.29) is 5.92 Å². The third kappa shape index (κ3) is 5.52. The number of nitrogens with one attached hydrogen (secondary N) is 1. The summed E-state index contributed by atoms with van der Waals surface area (Å²) in [5.41, 5.74) is 2.87. The van der Waals surface area contributed by atoms with Crippen LogP contribution in [0.15, 0.2) is 84.9 Å². The predicted octanol–water partition coefficient (Wildman–Crippen LogP) is 4.96. The SMILES string of the molecule is [CH2]C(C#N)CCOCCNC(c1ccccc1)(c1ccccc1)c1ccc(OC)cc1. The number of ether oxygens (including phenoxy) is 2. The summed E-state index contributed by atoms with van der Waals surface area (Å²) >= 11 is 0. The zero-order valence-electron chi connectivity index (χ0n) is 18.0. The van der Waals surface area contributed by atoms with Crippen molar-refractivity contribution in [1.82, 2.24) is 5.32 Å². The highest BCUT2D eigenvalue weighted by Gasteiger charge is 2.35. The fourth-order valence-corrected chi connectivity index (χ4v) is 3.73. The topological polar surface area (TPSA) is 54.3 Å². The molecule has 4 nitrogen and oxygen atoms in total. The molecule has 31 heavy (non-hydrogen) atoms. The van der Waals surface area contributed by atoms with Crippen molar-refractivity contribution in [1.29, 1.82) is 5.26 Å². The van der Waals surface area contributed by atoms with E-state index in [1.54, 1.807) is 7.11 Å². The van der Waals surface area contributed by atoms with Gasteiger partial charge in [-0.25, -0.2) is 0 Å². The minimum atomic E-state index is -0.542. The maximum atomic E-state index is 8.87. The number of rotatable bonds is 11. The molecule has 3 rings (SSSR count). The summed E-state index contributed by atoms with van der Waals surface area (Å²) < 4.78 is 11.2. The van der Waals surface area contributed by atoms with Crippen molar-refractivity contribution >= 4 is 0 Å². The second-order valence-electron chi connectivity index (χ2n) is 7.36. The lowest BCUT2D eigenvalue weighted by Crippen LogP contribution is -2.46. The number of nitrogens with zero attached hydrogens (tertiary/aromatic N) is 1. The Bertz CT molecular complexity index is 911. The Balaban J connectivity index is 1.92. The molecule has 0 heterocycles. The summed E-state index contributed by atoms with van der Waals surface area (Å²) in [5.74, 6) is 0.585. The highest BCUT2D eigenvalue weighted by atomic mass is 16.5. The van der Waals surface area contributed by atoms with Crippen LogP contribution in [-0.2, 0) is 10.3 Å². The minimum absolute atomic E-state index is 0.236. The Hall–Kier alpha value is -3.13. The number of hydrogen-bond acceptors (Lipinski definition) is 4. The van der Waals surface area contributed by atoms with Crippen LogP contribution < -0.4 is 10.1 Å². The maximum Gasteiger partial charge on any atom is 0.118 e. The fraction of sp³-hybridized carbons (Fsp3) is 0.259. The molecule has 0 fully saturated rings. The lowest BCUT2D eigenvalue weighted by molar-refractivity contribution is 0.126. The zero-order valence-corrected chi connectivity index (χ0v) is 18.0. The smallest absolute Gasteiger partial charge is 0.118 e. The summed E-state index contributed by atoms with van der Waals surface area (Å²) in [5, 5.41) is 12.6. The molecule has 0 saturated carbocycles. The van der Waals surface area contributed by atoms with Crippen LogP contribution in [0.25, 0.3) is 0 Å². The van der Waals surface area contributed by atoms with Gasteiger partial charge < -0.3 is 9.47 Å². The molecule has 3 aromatic carbocycles. The van der Waals surface area contributed by atoms with Gasteiger partial charge in [-0.2, -0.15) is 5.26 Å². The summed E-state index contributed by atoms with van der Waals surface area (Å²) in [7, 11) is 1.68. The first-order valence-electron chi connectivity index (χ1n) is 10.5. The van der Waals surface area contributed by atoms with Gasteiger partial charge in [0.2, 0.25) is 0 Å². The Labute approximate surface area is 185 Å². The molecule has 0 saturated heterocycles. The van der Waals surface area contributed by atoms with Crippen molar-refractivity contribution in [3.63, 3.8) is 0 Å². The molecule has 4 heteroatoms. The van der Waals surface area contributed by atoms with Gasteiger partial charge in [-0.05, 0) is 42.2 Å². The average Bonchev–Trinajstić information content (AvgIpc) is 2.85. The zero-order chi connectivity index (χ0) is 21.9. The number of nitriles is 1. The van der Waals surface area contributed by atoms with E-state index in [2.05, 4.69) is 79.0 Å². The first kappa shape index (κ1) is 22.6. The summed E-state index contributed by atoms with van der Waals surface area (Å²) in [6.07, 6.45) is 0.636. The van der Waals surface area contributed by atoms with Gasteiger partial charge in [0.05, 0.1) is 25.3 Å². The molecule has 1 N–H and O–H groups in total. The molecule has 1 unspecified atom stereocenters. The van der Waals surface area contributed by atoms with E-state index in [9.17, 15) is 0 Å². The summed E-state index contributed by atoms with van der Waals surface area (Å²) in [6, 6.07) is 31.2.